The number of likely N-dealkylation sites (tertiary alicyclic amines) is 1. The largest absolute Gasteiger partial charge is 0.481 e. The minimum Gasteiger partial charge on any atom is -0.481 e. The summed E-state index contributed by atoms with van der Waals surface area (Å²) >= 11 is 0. The molecule has 6 heteroatoms. The van der Waals surface area contributed by atoms with E-state index in [0.29, 0.717) is 12.5 Å². The Kier molecular flexibility index (Phi) is 5.85. The molecule has 2 fully saturated rings. The zero-order valence-corrected chi connectivity index (χ0v) is 12.8. The van der Waals surface area contributed by atoms with Crippen LogP contribution in [0.1, 0.15) is 32.1 Å². The van der Waals surface area contributed by atoms with Crippen LogP contribution in [0.5, 0.6) is 0 Å². The number of nitrogens with zero attached hydrogens (tertiary/aromatic N) is 2. The summed E-state index contributed by atoms with van der Waals surface area (Å²) in [6, 6.07) is 0.0238. The van der Waals surface area contributed by atoms with Gasteiger partial charge >= 0.3 is 12.0 Å². The molecule has 0 aromatic carbocycles. The van der Waals surface area contributed by atoms with Crippen molar-refractivity contribution in [3.63, 3.8) is 0 Å². The van der Waals surface area contributed by atoms with Gasteiger partial charge in [-0.1, -0.05) is 0 Å². The Hall–Kier alpha value is -1.30. The SMILES string of the molecule is CN(CC1CCCOC1)C(=O)N1CCCC(CC(=O)O)C1. The van der Waals surface area contributed by atoms with Crippen molar-refractivity contribution in [3.05, 3.63) is 0 Å². The van der Waals surface area contributed by atoms with E-state index in [1.54, 1.807) is 9.80 Å². The Morgan fingerprint density at radius 2 is 2.05 bits per heavy atom. The number of carbonyl (C=O) groups excluding carboxylic acids is 1. The molecule has 2 heterocycles. The second kappa shape index (κ2) is 7.64. The first-order valence-electron chi connectivity index (χ1n) is 7.86. The number of rotatable bonds is 4. The predicted octanol–water partition coefficient (Wildman–Crippen LogP) is 1.65. The molecule has 1 N–H and O–H groups in total. The van der Waals surface area contributed by atoms with Gasteiger partial charge in [-0.15, -0.1) is 0 Å². The molecule has 0 saturated carbocycles. The van der Waals surface area contributed by atoms with E-state index in [1.807, 2.05) is 7.05 Å². The van der Waals surface area contributed by atoms with E-state index < -0.39 is 5.97 Å². The molecule has 2 unspecified atom stereocenters. The summed E-state index contributed by atoms with van der Waals surface area (Å²) in [6.45, 7) is 3.59. The van der Waals surface area contributed by atoms with Crippen molar-refractivity contribution >= 4 is 12.0 Å². The molecule has 2 aliphatic heterocycles. The fourth-order valence-corrected chi connectivity index (χ4v) is 3.31. The van der Waals surface area contributed by atoms with Crippen LogP contribution in [0, 0.1) is 11.8 Å². The number of carbonyl (C=O) groups is 2. The minimum absolute atomic E-state index is 0.0238. The average Bonchev–Trinajstić information content (AvgIpc) is 2.47. The summed E-state index contributed by atoms with van der Waals surface area (Å²) in [5.74, 6) is -0.263. The van der Waals surface area contributed by atoms with Gasteiger partial charge in [0.05, 0.1) is 6.61 Å². The maximum absolute atomic E-state index is 12.5. The van der Waals surface area contributed by atoms with Crippen LogP contribution in [0.4, 0.5) is 4.79 Å². The molecule has 2 atom stereocenters. The number of piperidine rings is 1. The molecule has 2 aliphatic rings. The van der Waals surface area contributed by atoms with Crippen LogP contribution in [0.25, 0.3) is 0 Å². The number of amides is 2. The number of carboxylic acid groups (broad SMARTS) is 1. The molecule has 0 radical (unpaired) electrons. The van der Waals surface area contributed by atoms with Crippen LogP contribution in [0.3, 0.4) is 0 Å². The van der Waals surface area contributed by atoms with Crippen molar-refractivity contribution in [1.29, 1.82) is 0 Å². The number of urea groups is 1. The molecule has 2 saturated heterocycles. The van der Waals surface area contributed by atoms with Crippen LogP contribution in [0.2, 0.25) is 0 Å². The second-order valence-electron chi connectivity index (χ2n) is 6.30. The Morgan fingerprint density at radius 3 is 2.71 bits per heavy atom. The maximum Gasteiger partial charge on any atom is 0.319 e. The van der Waals surface area contributed by atoms with Crippen molar-refractivity contribution in [3.8, 4) is 0 Å². The van der Waals surface area contributed by atoms with Gasteiger partial charge in [0.25, 0.3) is 0 Å². The molecule has 2 rings (SSSR count). The van der Waals surface area contributed by atoms with Gasteiger partial charge in [-0.25, -0.2) is 4.79 Å². The summed E-state index contributed by atoms with van der Waals surface area (Å²) < 4.78 is 5.45. The molecule has 2 amide bonds. The highest BCUT2D eigenvalue weighted by molar-refractivity contribution is 5.74. The minimum atomic E-state index is -0.776. The van der Waals surface area contributed by atoms with Gasteiger partial charge in [0.1, 0.15) is 0 Å². The van der Waals surface area contributed by atoms with Gasteiger partial charge < -0.3 is 19.6 Å². The maximum atomic E-state index is 12.5. The Labute approximate surface area is 126 Å². The molecular weight excluding hydrogens is 272 g/mol. The highest BCUT2D eigenvalue weighted by atomic mass is 16.5. The normalized spacial score (nSPS) is 26.4. The van der Waals surface area contributed by atoms with E-state index in [4.69, 9.17) is 9.84 Å². The molecule has 0 bridgehead atoms. The first-order chi connectivity index (χ1) is 10.1. The van der Waals surface area contributed by atoms with Crippen molar-refractivity contribution < 1.29 is 19.4 Å². The topological polar surface area (TPSA) is 70.1 Å². The lowest BCUT2D eigenvalue weighted by atomic mass is 9.95. The number of hydrogen-bond acceptors (Lipinski definition) is 3. The van der Waals surface area contributed by atoms with Gasteiger partial charge in [-0.05, 0) is 31.6 Å². The van der Waals surface area contributed by atoms with Crippen molar-refractivity contribution in [1.82, 2.24) is 9.80 Å². The summed E-state index contributed by atoms with van der Waals surface area (Å²) in [6.07, 6.45) is 4.13. The summed E-state index contributed by atoms with van der Waals surface area (Å²) in [4.78, 5) is 26.9. The molecule has 0 aromatic rings. The third kappa shape index (κ3) is 4.88. The molecule has 0 spiro atoms. The number of carboxylic acids is 1. The van der Waals surface area contributed by atoms with E-state index in [9.17, 15) is 9.59 Å². The fraction of sp³-hybridized carbons (Fsp3) is 0.867. The zero-order valence-electron chi connectivity index (χ0n) is 12.8. The molecular formula is C15H26N2O4. The third-order valence-electron chi connectivity index (χ3n) is 4.37. The Bertz CT molecular complexity index is 369. The highest BCUT2D eigenvalue weighted by Gasteiger charge is 2.28. The van der Waals surface area contributed by atoms with Gasteiger partial charge in [0.2, 0.25) is 0 Å². The van der Waals surface area contributed by atoms with E-state index >= 15 is 0 Å². The fourth-order valence-electron chi connectivity index (χ4n) is 3.31. The van der Waals surface area contributed by atoms with Gasteiger partial charge in [-0.3, -0.25) is 4.79 Å². The molecule has 0 aliphatic carbocycles. The summed E-state index contributed by atoms with van der Waals surface area (Å²) in [5, 5.41) is 8.89. The van der Waals surface area contributed by atoms with Crippen molar-refractivity contribution in [2.75, 3.05) is 39.9 Å². The number of hydrogen-bond donors (Lipinski definition) is 1. The first kappa shape index (κ1) is 16.1. The summed E-state index contributed by atoms with van der Waals surface area (Å²) in [7, 11) is 1.83. The lowest BCUT2D eigenvalue weighted by Crippen LogP contribution is -2.48. The van der Waals surface area contributed by atoms with Crippen LogP contribution < -0.4 is 0 Å². The van der Waals surface area contributed by atoms with Gasteiger partial charge in [-0.2, -0.15) is 0 Å². The van der Waals surface area contributed by atoms with Crippen molar-refractivity contribution in [2.24, 2.45) is 11.8 Å². The lowest BCUT2D eigenvalue weighted by Gasteiger charge is -2.36. The van der Waals surface area contributed by atoms with Crippen LogP contribution in [-0.4, -0.2) is 66.8 Å². The number of ether oxygens (including phenoxy) is 1. The highest BCUT2D eigenvalue weighted by Crippen LogP contribution is 2.21. The molecule has 0 aromatic heterocycles. The third-order valence-corrected chi connectivity index (χ3v) is 4.37. The standard InChI is InChI=1S/C15H26N2O4/c1-16(9-13-5-3-7-21-11-13)15(20)17-6-2-4-12(10-17)8-14(18)19/h12-13H,2-11H2,1H3,(H,18,19). The quantitative estimate of drug-likeness (QED) is 0.857. The zero-order chi connectivity index (χ0) is 15.2. The van der Waals surface area contributed by atoms with Crippen LogP contribution in [-0.2, 0) is 9.53 Å². The first-order valence-corrected chi connectivity index (χ1v) is 7.86. The Morgan fingerprint density at radius 1 is 1.29 bits per heavy atom. The van der Waals surface area contributed by atoms with E-state index in [1.165, 1.54) is 0 Å². The van der Waals surface area contributed by atoms with E-state index in [0.717, 1.165) is 52.0 Å². The van der Waals surface area contributed by atoms with Gasteiger partial charge in [0.15, 0.2) is 0 Å². The van der Waals surface area contributed by atoms with Crippen molar-refractivity contribution in [2.45, 2.75) is 32.1 Å². The number of aliphatic carboxylic acids is 1. The van der Waals surface area contributed by atoms with Gasteiger partial charge in [0, 0.05) is 45.6 Å². The molecule has 120 valence electrons. The van der Waals surface area contributed by atoms with E-state index in [2.05, 4.69) is 0 Å². The van der Waals surface area contributed by atoms with E-state index in [-0.39, 0.29) is 18.4 Å². The van der Waals surface area contributed by atoms with Crippen LogP contribution >= 0.6 is 0 Å². The average molecular weight is 298 g/mol. The molecule has 6 nitrogen and oxygen atoms in total. The monoisotopic (exact) mass is 298 g/mol. The van der Waals surface area contributed by atoms with Crippen LogP contribution in [0.15, 0.2) is 0 Å². The summed E-state index contributed by atoms with van der Waals surface area (Å²) in [5.41, 5.74) is 0. The lowest BCUT2D eigenvalue weighted by molar-refractivity contribution is -0.138. The second-order valence-corrected chi connectivity index (χ2v) is 6.30. The molecule has 21 heavy (non-hydrogen) atoms. The smallest absolute Gasteiger partial charge is 0.319 e. The predicted molar refractivity (Wildman–Crippen MR) is 78.1 cm³/mol. The Balaban J connectivity index is 1.81.